The van der Waals surface area contributed by atoms with Gasteiger partial charge >= 0.3 is 0 Å². The average Bonchev–Trinajstić information content (AvgIpc) is 2.60. The third kappa shape index (κ3) is 3.35. The predicted molar refractivity (Wildman–Crippen MR) is 104 cm³/mol. The number of aromatic amines is 1. The second-order valence-electron chi connectivity index (χ2n) is 5.64. The molecular weight excluding hydrogens is 336 g/mol. The summed E-state index contributed by atoms with van der Waals surface area (Å²) in [6.07, 6.45) is 1.49. The molecule has 0 spiro atoms. The fraction of sp³-hybridized carbons (Fsp3) is 0.100. The Balaban J connectivity index is 2.38. The highest BCUT2D eigenvalue weighted by Crippen LogP contribution is 2.34. The molecule has 25 heavy (non-hydrogen) atoms. The summed E-state index contributed by atoms with van der Waals surface area (Å²) >= 11 is 6.19. The Labute approximate surface area is 150 Å². The molecule has 1 aromatic heterocycles. The molecule has 0 fully saturated rings. The largest absolute Gasteiger partial charge is 0.357 e. The van der Waals surface area contributed by atoms with Gasteiger partial charge in [0.05, 0.1) is 5.56 Å². The molecule has 0 aliphatic rings. The van der Waals surface area contributed by atoms with Crippen LogP contribution in [0.15, 0.2) is 59.0 Å². The quantitative estimate of drug-likeness (QED) is 0.401. The molecule has 3 rings (SSSR count). The standard InChI is InChI=1S/C20H17ClN2O2/c1-4-22-25-13(3)18-19(14-7-5-12(2)6-8-14)16-11-15(21)9-10-17(16)23-20(18)24/h4-11H,3H2,1-2H3,(H,23,24)/b22-4+. The smallest absolute Gasteiger partial charge is 0.260 e. The van der Waals surface area contributed by atoms with Crippen molar-refractivity contribution in [3.8, 4) is 11.1 Å². The maximum absolute atomic E-state index is 12.7. The zero-order chi connectivity index (χ0) is 18.0. The maximum Gasteiger partial charge on any atom is 0.260 e. The van der Waals surface area contributed by atoms with Crippen molar-refractivity contribution >= 4 is 34.5 Å². The summed E-state index contributed by atoms with van der Waals surface area (Å²) in [6, 6.07) is 13.3. The van der Waals surface area contributed by atoms with Crippen LogP contribution in [-0.2, 0) is 4.84 Å². The molecule has 5 heteroatoms. The Morgan fingerprint density at radius 2 is 1.96 bits per heavy atom. The minimum atomic E-state index is -0.290. The van der Waals surface area contributed by atoms with E-state index in [2.05, 4.69) is 16.7 Å². The zero-order valence-corrected chi connectivity index (χ0v) is 14.7. The number of benzene rings is 2. The normalized spacial score (nSPS) is 11.2. The number of nitrogens with one attached hydrogen (secondary N) is 1. The monoisotopic (exact) mass is 352 g/mol. The molecule has 0 unspecified atom stereocenters. The molecule has 4 nitrogen and oxygen atoms in total. The van der Waals surface area contributed by atoms with E-state index in [0.717, 1.165) is 22.1 Å². The predicted octanol–water partition coefficient (Wildman–Crippen LogP) is 5.15. The van der Waals surface area contributed by atoms with Crippen LogP contribution in [0.25, 0.3) is 27.8 Å². The fourth-order valence-electron chi connectivity index (χ4n) is 2.71. The van der Waals surface area contributed by atoms with E-state index in [1.807, 2.05) is 37.3 Å². The first-order chi connectivity index (χ1) is 12.0. The number of hydrogen-bond donors (Lipinski definition) is 1. The van der Waals surface area contributed by atoms with Crippen molar-refractivity contribution in [3.63, 3.8) is 0 Å². The highest BCUT2D eigenvalue weighted by Gasteiger charge is 2.18. The van der Waals surface area contributed by atoms with Crippen molar-refractivity contribution in [1.82, 2.24) is 4.98 Å². The first-order valence-corrected chi connectivity index (χ1v) is 8.16. The highest BCUT2D eigenvalue weighted by atomic mass is 35.5. The summed E-state index contributed by atoms with van der Waals surface area (Å²) in [7, 11) is 0. The number of oxime groups is 1. The number of nitrogens with zero attached hydrogens (tertiary/aromatic N) is 1. The lowest BCUT2D eigenvalue weighted by atomic mass is 9.95. The summed E-state index contributed by atoms with van der Waals surface area (Å²) < 4.78 is 0. The average molecular weight is 353 g/mol. The molecule has 2 aromatic carbocycles. The first kappa shape index (κ1) is 17.0. The van der Waals surface area contributed by atoms with Gasteiger partial charge in [0.2, 0.25) is 0 Å². The van der Waals surface area contributed by atoms with E-state index in [0.29, 0.717) is 16.1 Å². The molecule has 0 saturated carbocycles. The molecule has 3 aromatic rings. The Morgan fingerprint density at radius 3 is 2.64 bits per heavy atom. The lowest BCUT2D eigenvalue weighted by Crippen LogP contribution is -2.14. The number of hydrogen-bond acceptors (Lipinski definition) is 3. The van der Waals surface area contributed by atoms with Gasteiger partial charge in [-0.2, -0.15) is 0 Å². The third-order valence-electron chi connectivity index (χ3n) is 3.86. The number of rotatable bonds is 4. The lowest BCUT2D eigenvalue weighted by Gasteiger charge is -2.14. The van der Waals surface area contributed by atoms with Crippen LogP contribution in [0.4, 0.5) is 0 Å². The molecule has 1 N–H and O–H groups in total. The molecule has 1 heterocycles. The van der Waals surface area contributed by atoms with Crippen LogP contribution in [-0.4, -0.2) is 11.2 Å². The van der Waals surface area contributed by atoms with Gasteiger partial charge in [0, 0.05) is 27.7 Å². The second kappa shape index (κ2) is 6.95. The van der Waals surface area contributed by atoms with Gasteiger partial charge in [0.25, 0.3) is 5.56 Å². The van der Waals surface area contributed by atoms with Crippen molar-refractivity contribution in [2.24, 2.45) is 5.16 Å². The maximum atomic E-state index is 12.7. The molecule has 126 valence electrons. The second-order valence-corrected chi connectivity index (χ2v) is 6.07. The van der Waals surface area contributed by atoms with Crippen molar-refractivity contribution in [3.05, 3.63) is 75.5 Å². The molecule has 0 aliphatic carbocycles. The van der Waals surface area contributed by atoms with Gasteiger partial charge < -0.3 is 9.82 Å². The highest BCUT2D eigenvalue weighted by molar-refractivity contribution is 6.31. The van der Waals surface area contributed by atoms with E-state index in [9.17, 15) is 4.79 Å². The number of fused-ring (bicyclic) bond motifs is 1. The minimum Gasteiger partial charge on any atom is -0.357 e. The van der Waals surface area contributed by atoms with Crippen LogP contribution in [0.3, 0.4) is 0 Å². The van der Waals surface area contributed by atoms with Crippen molar-refractivity contribution in [1.29, 1.82) is 0 Å². The van der Waals surface area contributed by atoms with E-state index in [4.69, 9.17) is 16.4 Å². The van der Waals surface area contributed by atoms with Gasteiger partial charge in [-0.05, 0) is 37.6 Å². The molecule has 0 bridgehead atoms. The van der Waals surface area contributed by atoms with Crippen LogP contribution in [0, 0.1) is 6.92 Å². The van der Waals surface area contributed by atoms with Crippen LogP contribution in [0.2, 0.25) is 5.02 Å². The first-order valence-electron chi connectivity index (χ1n) is 7.78. The molecule has 0 atom stereocenters. The van der Waals surface area contributed by atoms with E-state index in [-0.39, 0.29) is 11.3 Å². The fourth-order valence-corrected chi connectivity index (χ4v) is 2.89. The summed E-state index contributed by atoms with van der Waals surface area (Å²) in [5.74, 6) is 0.178. The lowest BCUT2D eigenvalue weighted by molar-refractivity contribution is 0.301. The van der Waals surface area contributed by atoms with Crippen LogP contribution in [0.5, 0.6) is 0 Å². The Morgan fingerprint density at radius 1 is 1.24 bits per heavy atom. The van der Waals surface area contributed by atoms with E-state index >= 15 is 0 Å². The SMILES string of the molecule is C=C(O/N=C/C)c1c(-c2ccc(C)cc2)c2cc(Cl)ccc2[nH]c1=O. The van der Waals surface area contributed by atoms with Gasteiger partial charge in [-0.15, -0.1) is 0 Å². The summed E-state index contributed by atoms with van der Waals surface area (Å²) in [5, 5.41) is 5.13. The number of pyridine rings is 1. The third-order valence-corrected chi connectivity index (χ3v) is 4.10. The number of halogens is 1. The van der Waals surface area contributed by atoms with Crippen molar-refractivity contribution < 1.29 is 4.84 Å². The van der Waals surface area contributed by atoms with Gasteiger partial charge in [-0.1, -0.05) is 53.2 Å². The van der Waals surface area contributed by atoms with Gasteiger partial charge in [-0.25, -0.2) is 0 Å². The molecule has 0 saturated heterocycles. The molecule has 0 radical (unpaired) electrons. The van der Waals surface area contributed by atoms with Gasteiger partial charge in [-0.3, -0.25) is 4.79 Å². The minimum absolute atomic E-state index is 0.178. The van der Waals surface area contributed by atoms with Crippen molar-refractivity contribution in [2.75, 3.05) is 0 Å². The summed E-state index contributed by atoms with van der Waals surface area (Å²) in [4.78, 5) is 20.8. The molecule has 0 aliphatic heterocycles. The number of aromatic nitrogens is 1. The van der Waals surface area contributed by atoms with Crippen molar-refractivity contribution in [2.45, 2.75) is 13.8 Å². The molecule has 0 amide bonds. The number of aryl methyl sites for hydroxylation is 1. The van der Waals surface area contributed by atoms with Crippen LogP contribution < -0.4 is 5.56 Å². The van der Waals surface area contributed by atoms with Crippen LogP contribution in [0.1, 0.15) is 18.1 Å². The number of H-pyrrole nitrogens is 1. The van der Waals surface area contributed by atoms with E-state index in [1.165, 1.54) is 6.21 Å². The Hall–Kier alpha value is -2.85. The molecular formula is C20H17ClN2O2. The zero-order valence-electron chi connectivity index (χ0n) is 14.0. The van der Waals surface area contributed by atoms with E-state index < -0.39 is 0 Å². The Bertz CT molecular complexity index is 1030. The van der Waals surface area contributed by atoms with E-state index in [1.54, 1.807) is 19.1 Å². The Kier molecular flexibility index (Phi) is 4.72. The van der Waals surface area contributed by atoms with Gasteiger partial charge in [0.15, 0.2) is 5.76 Å². The van der Waals surface area contributed by atoms with Crippen LogP contribution >= 0.6 is 11.6 Å². The topological polar surface area (TPSA) is 54.4 Å². The summed E-state index contributed by atoms with van der Waals surface area (Å²) in [5.41, 5.74) is 3.47. The summed E-state index contributed by atoms with van der Waals surface area (Å²) in [6.45, 7) is 7.60. The van der Waals surface area contributed by atoms with Gasteiger partial charge in [0.1, 0.15) is 0 Å².